The van der Waals surface area contributed by atoms with Crippen LogP contribution < -0.4 is 5.32 Å². The van der Waals surface area contributed by atoms with Crippen LogP contribution in [-0.4, -0.2) is 54.4 Å². The van der Waals surface area contributed by atoms with Crippen LogP contribution >= 0.6 is 0 Å². The van der Waals surface area contributed by atoms with Gasteiger partial charge in [0, 0.05) is 26.3 Å². The summed E-state index contributed by atoms with van der Waals surface area (Å²) in [5.74, 6) is -1.04. The predicted molar refractivity (Wildman–Crippen MR) is 73.1 cm³/mol. The highest BCUT2D eigenvalue weighted by molar-refractivity contribution is 5.82. The van der Waals surface area contributed by atoms with Gasteiger partial charge in [0.15, 0.2) is 0 Å². The molecule has 0 rings (SSSR count). The topological polar surface area (TPSA) is 78.9 Å². The van der Waals surface area contributed by atoms with Crippen molar-refractivity contribution in [3.8, 4) is 0 Å². The van der Waals surface area contributed by atoms with Gasteiger partial charge >= 0.3 is 12.0 Å². The maximum Gasteiger partial charge on any atom is 0.326 e. The minimum Gasteiger partial charge on any atom is -0.480 e. The molecule has 0 aliphatic heterocycles. The number of methoxy groups -OCH3 is 1. The molecule has 0 aromatic rings. The molecule has 0 spiro atoms. The van der Waals surface area contributed by atoms with Crippen molar-refractivity contribution in [2.75, 3.05) is 20.3 Å². The van der Waals surface area contributed by atoms with Gasteiger partial charge in [-0.05, 0) is 26.7 Å². The number of carbonyl (C=O) groups is 2. The molecule has 0 aliphatic carbocycles. The third-order valence-corrected chi connectivity index (χ3v) is 2.65. The summed E-state index contributed by atoms with van der Waals surface area (Å²) in [5.41, 5.74) is 0. The quantitative estimate of drug-likeness (QED) is 0.492. The van der Waals surface area contributed by atoms with Crippen LogP contribution in [-0.2, 0) is 9.53 Å². The number of nitrogens with zero attached hydrogens (tertiary/aromatic N) is 1. The van der Waals surface area contributed by atoms with Crippen molar-refractivity contribution in [2.24, 2.45) is 0 Å². The Balaban J connectivity index is 4.50. The zero-order valence-corrected chi connectivity index (χ0v) is 11.9. The van der Waals surface area contributed by atoms with E-state index in [9.17, 15) is 9.59 Å². The molecule has 2 amide bonds. The fourth-order valence-corrected chi connectivity index (χ4v) is 1.59. The van der Waals surface area contributed by atoms with Gasteiger partial charge in [-0.15, -0.1) is 6.58 Å². The molecule has 6 heteroatoms. The van der Waals surface area contributed by atoms with E-state index in [4.69, 9.17) is 9.84 Å². The van der Waals surface area contributed by atoms with Crippen LogP contribution in [0.4, 0.5) is 4.79 Å². The van der Waals surface area contributed by atoms with Crippen LogP contribution in [0.5, 0.6) is 0 Å². The molecule has 1 atom stereocenters. The van der Waals surface area contributed by atoms with Crippen LogP contribution in [0.1, 0.15) is 26.7 Å². The van der Waals surface area contributed by atoms with E-state index >= 15 is 0 Å². The smallest absolute Gasteiger partial charge is 0.326 e. The number of urea groups is 1. The molecule has 2 N–H and O–H groups in total. The Kier molecular flexibility index (Phi) is 8.61. The zero-order chi connectivity index (χ0) is 14.8. The molecule has 0 radical (unpaired) electrons. The molecule has 110 valence electrons. The van der Waals surface area contributed by atoms with Crippen LogP contribution in [0.15, 0.2) is 12.7 Å². The van der Waals surface area contributed by atoms with Crippen LogP contribution in [0.2, 0.25) is 0 Å². The lowest BCUT2D eigenvalue weighted by Crippen LogP contribution is -2.50. The lowest BCUT2D eigenvalue weighted by atomic mass is 10.1. The molecule has 0 saturated heterocycles. The highest BCUT2D eigenvalue weighted by Gasteiger charge is 2.23. The van der Waals surface area contributed by atoms with Gasteiger partial charge in [-0.3, -0.25) is 0 Å². The van der Waals surface area contributed by atoms with Gasteiger partial charge in [0.05, 0.1) is 0 Å². The van der Waals surface area contributed by atoms with Crippen molar-refractivity contribution in [1.82, 2.24) is 10.2 Å². The molecule has 0 heterocycles. The summed E-state index contributed by atoms with van der Waals surface area (Å²) in [6.07, 6.45) is 2.53. The first-order valence-corrected chi connectivity index (χ1v) is 6.33. The second kappa shape index (κ2) is 9.38. The first kappa shape index (κ1) is 17.4. The van der Waals surface area contributed by atoms with E-state index in [2.05, 4.69) is 11.9 Å². The summed E-state index contributed by atoms with van der Waals surface area (Å²) in [6, 6.07) is -1.31. The van der Waals surface area contributed by atoms with E-state index in [0.29, 0.717) is 26.0 Å². The number of aliphatic carboxylic acids is 1. The molecule has 0 aromatic heterocycles. The minimum absolute atomic E-state index is 0.0218. The van der Waals surface area contributed by atoms with Crippen molar-refractivity contribution in [1.29, 1.82) is 0 Å². The molecule has 0 bridgehead atoms. The van der Waals surface area contributed by atoms with Crippen molar-refractivity contribution in [3.63, 3.8) is 0 Å². The van der Waals surface area contributed by atoms with Gasteiger partial charge in [-0.25, -0.2) is 9.59 Å². The number of carboxylic acid groups (broad SMARTS) is 1. The van der Waals surface area contributed by atoms with Crippen LogP contribution in [0, 0.1) is 0 Å². The SMILES string of the molecule is C=CCN(C(=O)NC(CCCOC)C(=O)O)C(C)C. The predicted octanol–water partition coefficient (Wildman–Crippen LogP) is 1.47. The van der Waals surface area contributed by atoms with Gasteiger partial charge < -0.3 is 20.1 Å². The molecule has 1 unspecified atom stereocenters. The van der Waals surface area contributed by atoms with Gasteiger partial charge in [-0.2, -0.15) is 0 Å². The van der Waals surface area contributed by atoms with Crippen molar-refractivity contribution in [2.45, 2.75) is 38.8 Å². The van der Waals surface area contributed by atoms with Gasteiger partial charge in [0.1, 0.15) is 6.04 Å². The first-order valence-electron chi connectivity index (χ1n) is 6.33. The number of rotatable bonds is 9. The molecule has 0 aromatic carbocycles. The van der Waals surface area contributed by atoms with Gasteiger partial charge in [-0.1, -0.05) is 6.08 Å². The molecule has 0 saturated carbocycles. The summed E-state index contributed by atoms with van der Waals surface area (Å²) >= 11 is 0. The largest absolute Gasteiger partial charge is 0.480 e. The number of ether oxygens (including phenoxy) is 1. The Morgan fingerprint density at radius 1 is 1.47 bits per heavy atom. The fourth-order valence-electron chi connectivity index (χ4n) is 1.59. The highest BCUT2D eigenvalue weighted by Crippen LogP contribution is 2.03. The maximum absolute atomic E-state index is 12.0. The Morgan fingerprint density at radius 2 is 2.11 bits per heavy atom. The Labute approximate surface area is 114 Å². The highest BCUT2D eigenvalue weighted by atomic mass is 16.5. The first-order chi connectivity index (χ1) is 8.93. The average Bonchev–Trinajstić information content (AvgIpc) is 2.34. The Hall–Kier alpha value is -1.56. The third-order valence-electron chi connectivity index (χ3n) is 2.65. The number of carbonyl (C=O) groups excluding carboxylic acids is 1. The van der Waals surface area contributed by atoms with Crippen molar-refractivity contribution in [3.05, 3.63) is 12.7 Å². The number of carboxylic acids is 1. The Bertz CT molecular complexity index is 305. The fraction of sp³-hybridized carbons (Fsp3) is 0.692. The summed E-state index contributed by atoms with van der Waals surface area (Å²) in [5, 5.41) is 11.6. The van der Waals surface area contributed by atoms with E-state index in [1.54, 1.807) is 13.2 Å². The monoisotopic (exact) mass is 272 g/mol. The molecular weight excluding hydrogens is 248 g/mol. The standard InChI is InChI=1S/C13H24N2O4/c1-5-8-15(10(2)3)13(18)14-11(12(16)17)7-6-9-19-4/h5,10-11H,1,6-9H2,2-4H3,(H,14,18)(H,16,17). The van der Waals surface area contributed by atoms with E-state index in [0.717, 1.165) is 0 Å². The summed E-state index contributed by atoms with van der Waals surface area (Å²) < 4.78 is 4.87. The Morgan fingerprint density at radius 3 is 2.53 bits per heavy atom. The minimum atomic E-state index is -1.04. The van der Waals surface area contributed by atoms with Crippen molar-refractivity contribution >= 4 is 12.0 Å². The lowest BCUT2D eigenvalue weighted by Gasteiger charge is -2.27. The zero-order valence-electron chi connectivity index (χ0n) is 11.9. The molecule has 0 fully saturated rings. The average molecular weight is 272 g/mol. The lowest BCUT2D eigenvalue weighted by molar-refractivity contribution is -0.139. The third kappa shape index (κ3) is 6.81. The second-order valence-electron chi connectivity index (χ2n) is 4.51. The number of hydrogen-bond acceptors (Lipinski definition) is 3. The van der Waals surface area contributed by atoms with Crippen LogP contribution in [0.25, 0.3) is 0 Å². The maximum atomic E-state index is 12.0. The summed E-state index contributed by atoms with van der Waals surface area (Å²) in [6.45, 7) is 8.17. The normalized spacial score (nSPS) is 12.0. The van der Waals surface area contributed by atoms with Crippen LogP contribution in [0.3, 0.4) is 0 Å². The molecule has 0 aliphatic rings. The second-order valence-corrected chi connectivity index (χ2v) is 4.51. The van der Waals surface area contributed by atoms with E-state index < -0.39 is 12.0 Å². The number of nitrogens with one attached hydrogen (secondary N) is 1. The van der Waals surface area contributed by atoms with Gasteiger partial charge in [0.2, 0.25) is 0 Å². The summed E-state index contributed by atoms with van der Waals surface area (Å²) in [7, 11) is 1.55. The molecular formula is C13H24N2O4. The van der Waals surface area contributed by atoms with E-state index in [1.807, 2.05) is 13.8 Å². The van der Waals surface area contributed by atoms with Crippen molar-refractivity contribution < 1.29 is 19.4 Å². The molecule has 6 nitrogen and oxygen atoms in total. The molecule has 19 heavy (non-hydrogen) atoms. The number of hydrogen-bond donors (Lipinski definition) is 2. The summed E-state index contributed by atoms with van der Waals surface area (Å²) in [4.78, 5) is 24.6. The number of amides is 2. The van der Waals surface area contributed by atoms with E-state index in [1.165, 1.54) is 4.90 Å². The van der Waals surface area contributed by atoms with Gasteiger partial charge in [0.25, 0.3) is 0 Å². The van der Waals surface area contributed by atoms with E-state index in [-0.39, 0.29) is 12.1 Å².